The molecule has 6 N–H and O–H groups in total. The topological polar surface area (TPSA) is 289 Å². The molecule has 0 spiro atoms. The number of hydrogen-bond acceptors (Lipinski definition) is 14. The van der Waals surface area contributed by atoms with Crippen LogP contribution in [0, 0.1) is 11.8 Å². The number of nitrogens with one attached hydrogen (secondary N) is 2. The minimum Gasteiger partial charge on any atom is -0.444 e. The molecule has 1 amide bonds. The first-order valence-electron chi connectivity index (χ1n) is 12.1. The summed E-state index contributed by atoms with van der Waals surface area (Å²) in [5, 5.41) is 2.06. The molecule has 20 nitrogen and oxygen atoms in total. The Bertz CT molecular complexity index is 1540. The van der Waals surface area contributed by atoms with Crippen LogP contribution in [0.25, 0.3) is 0 Å². The molecule has 2 heterocycles. The number of carbonyl (C=O) groups is 2. The van der Waals surface area contributed by atoms with Crippen LogP contribution >= 0.6 is 35.2 Å². The second-order valence-corrected chi connectivity index (χ2v) is 15.1. The fourth-order valence-electron chi connectivity index (χ4n) is 3.23. The molecule has 0 radical (unpaired) electrons. The number of carbonyl (C=O) groups excluding carboxylic acids is 2. The number of nitrogens with zero attached hydrogens (tertiary/aromatic N) is 1. The van der Waals surface area contributed by atoms with Gasteiger partial charge in [-0.2, -0.15) is 8.62 Å². The van der Waals surface area contributed by atoms with E-state index in [2.05, 4.69) is 30.3 Å². The Hall–Kier alpha value is -2.14. The lowest BCUT2D eigenvalue weighted by molar-refractivity contribution is -0.109. The Morgan fingerprint density at radius 3 is 2.41 bits per heavy atom. The number of aromatic amines is 1. The Balaban J connectivity index is 2.21. The first kappa shape index (κ1) is 38.0. The number of phosphoric acid groups is 3. The molecule has 5 atom stereocenters. The van der Waals surface area contributed by atoms with Gasteiger partial charge in [0, 0.05) is 19.5 Å². The Morgan fingerprint density at radius 2 is 1.82 bits per heavy atom. The van der Waals surface area contributed by atoms with E-state index in [4.69, 9.17) is 24.0 Å². The van der Waals surface area contributed by atoms with Crippen molar-refractivity contribution < 1.29 is 70.2 Å². The van der Waals surface area contributed by atoms with E-state index in [1.807, 2.05) is 4.98 Å². The Labute approximate surface area is 253 Å². The zero-order valence-corrected chi connectivity index (χ0v) is 26.9. The SMILES string of the molecule is CC(=O)SCO[C@H]1C[C@H](n2cc(C#CCNC(=O)OC(C)(C)C)c(=O)[nH]c2=O)O[C@@H]1COP(=O)(O)OP(=O)(O)OP(=O)(O)O. The molecule has 24 heteroatoms. The molecule has 1 aliphatic rings. The van der Waals surface area contributed by atoms with Crippen molar-refractivity contribution >= 4 is 46.4 Å². The van der Waals surface area contributed by atoms with Crippen molar-refractivity contribution in [3.8, 4) is 11.8 Å². The van der Waals surface area contributed by atoms with Gasteiger partial charge in [-0.1, -0.05) is 23.6 Å². The number of aromatic nitrogens is 2. The number of phosphoric ester groups is 1. The monoisotopic (exact) mass is 709 g/mol. The second-order valence-electron chi connectivity index (χ2n) is 9.58. The molecule has 2 unspecified atom stereocenters. The third-order valence-electron chi connectivity index (χ3n) is 4.76. The standard InChI is InChI=1S/C20H30N3O17P3S/c1-12(24)44-11-35-14-8-16(37-15(14)10-36-42(31,32)40-43(33,34)39-41(28,29)30)23-9-13(17(25)22-18(23)26)6-5-7-21-19(27)38-20(2,3)4/h9,14-16H,7-8,10-11H2,1-4H3,(H,21,27)(H,31,32)(H,33,34)(H,22,25,26)(H2,28,29,30)/t14-,15+,16+/m0/s1. The number of alkyl carbamates (subject to hydrolysis) is 1. The summed E-state index contributed by atoms with van der Waals surface area (Å²) in [6.45, 7) is 5.14. The lowest BCUT2D eigenvalue weighted by Crippen LogP contribution is -2.34. The maximum Gasteiger partial charge on any atom is 0.490 e. The molecule has 1 aromatic heterocycles. The van der Waals surface area contributed by atoms with Gasteiger partial charge in [-0.05, 0) is 20.8 Å². The number of amides is 1. The predicted octanol–water partition coefficient (Wildman–Crippen LogP) is 0.666. The van der Waals surface area contributed by atoms with Crippen LogP contribution in [0.15, 0.2) is 15.8 Å². The Morgan fingerprint density at radius 1 is 1.16 bits per heavy atom. The summed E-state index contributed by atoms with van der Waals surface area (Å²) in [6, 6.07) is 0. The van der Waals surface area contributed by atoms with E-state index < -0.39 is 71.5 Å². The van der Waals surface area contributed by atoms with E-state index >= 15 is 0 Å². The van der Waals surface area contributed by atoms with Gasteiger partial charge in [0.1, 0.15) is 23.5 Å². The summed E-state index contributed by atoms with van der Waals surface area (Å²) >= 11 is 0.758. The summed E-state index contributed by atoms with van der Waals surface area (Å²) in [4.78, 5) is 86.4. The zero-order valence-electron chi connectivity index (χ0n) is 23.4. The molecule has 1 aromatic rings. The highest BCUT2D eigenvalue weighted by Gasteiger charge is 2.43. The molecule has 0 aliphatic carbocycles. The van der Waals surface area contributed by atoms with Crippen LogP contribution < -0.4 is 16.6 Å². The van der Waals surface area contributed by atoms with Crippen LogP contribution in [0.5, 0.6) is 0 Å². The summed E-state index contributed by atoms with van der Waals surface area (Å²) in [7, 11) is -16.9. The van der Waals surface area contributed by atoms with Crippen molar-refractivity contribution in [3.63, 3.8) is 0 Å². The number of H-pyrrole nitrogens is 1. The van der Waals surface area contributed by atoms with E-state index in [9.17, 15) is 42.7 Å². The van der Waals surface area contributed by atoms with Crippen molar-refractivity contribution in [3.05, 3.63) is 32.6 Å². The van der Waals surface area contributed by atoms with Gasteiger partial charge < -0.3 is 39.1 Å². The van der Waals surface area contributed by atoms with Gasteiger partial charge in [-0.25, -0.2) is 23.3 Å². The zero-order chi connectivity index (χ0) is 33.5. The minimum absolute atomic E-state index is 0.151. The van der Waals surface area contributed by atoms with Gasteiger partial charge in [-0.3, -0.25) is 23.7 Å². The third kappa shape index (κ3) is 13.9. The molecule has 0 saturated carbocycles. The quantitative estimate of drug-likeness (QED) is 0.0987. The Kier molecular flexibility index (Phi) is 13.3. The summed E-state index contributed by atoms with van der Waals surface area (Å²) < 4.78 is 63.8. The van der Waals surface area contributed by atoms with Crippen LogP contribution in [0.3, 0.4) is 0 Å². The molecule has 1 saturated heterocycles. The number of ether oxygens (including phenoxy) is 3. The average molecular weight is 709 g/mol. The van der Waals surface area contributed by atoms with Gasteiger partial charge in [-0.15, -0.1) is 0 Å². The van der Waals surface area contributed by atoms with E-state index in [1.165, 1.54) is 6.92 Å². The average Bonchev–Trinajstić information content (AvgIpc) is 3.20. The summed E-state index contributed by atoms with van der Waals surface area (Å²) in [6.07, 6.45) is -3.39. The maximum atomic E-state index is 12.6. The van der Waals surface area contributed by atoms with Gasteiger partial charge in [0.15, 0.2) is 5.12 Å². The van der Waals surface area contributed by atoms with E-state index in [-0.39, 0.29) is 29.6 Å². The van der Waals surface area contributed by atoms with Crippen molar-refractivity contribution in [2.24, 2.45) is 0 Å². The molecule has 0 aromatic carbocycles. The predicted molar refractivity (Wildman–Crippen MR) is 149 cm³/mol. The molecular weight excluding hydrogens is 679 g/mol. The normalized spacial score (nSPS) is 21.4. The summed E-state index contributed by atoms with van der Waals surface area (Å²) in [5.74, 6) is 4.80. The fourth-order valence-corrected chi connectivity index (χ4v) is 6.67. The maximum absolute atomic E-state index is 12.6. The molecule has 44 heavy (non-hydrogen) atoms. The van der Waals surface area contributed by atoms with Crippen LogP contribution in [0.4, 0.5) is 4.79 Å². The number of hydrogen-bond donors (Lipinski definition) is 6. The number of rotatable bonds is 12. The fraction of sp³-hybridized carbons (Fsp3) is 0.600. The lowest BCUT2D eigenvalue weighted by atomic mass is 10.2. The number of thioether (sulfide) groups is 1. The first-order valence-corrected chi connectivity index (χ1v) is 17.6. The van der Waals surface area contributed by atoms with E-state index in [0.717, 1.165) is 22.5 Å². The molecular formula is C20H30N3O17P3S. The lowest BCUT2D eigenvalue weighted by Gasteiger charge is -2.21. The van der Waals surface area contributed by atoms with Crippen molar-refractivity contribution in [2.45, 2.75) is 58.2 Å². The summed E-state index contributed by atoms with van der Waals surface area (Å²) in [5.41, 5.74) is -2.75. The van der Waals surface area contributed by atoms with Crippen molar-refractivity contribution in [2.75, 3.05) is 19.1 Å². The molecule has 0 bridgehead atoms. The molecule has 248 valence electrons. The molecule has 2 rings (SSSR count). The van der Waals surface area contributed by atoms with Gasteiger partial charge in [0.05, 0.1) is 25.2 Å². The minimum atomic E-state index is -5.78. The van der Waals surface area contributed by atoms with Crippen molar-refractivity contribution in [1.82, 2.24) is 14.9 Å². The largest absolute Gasteiger partial charge is 0.490 e. The van der Waals surface area contributed by atoms with E-state index in [0.29, 0.717) is 0 Å². The highest BCUT2D eigenvalue weighted by Crippen LogP contribution is 2.66. The third-order valence-corrected chi connectivity index (χ3v) is 9.23. The second kappa shape index (κ2) is 15.4. The van der Waals surface area contributed by atoms with Crippen LogP contribution in [0.1, 0.15) is 45.9 Å². The van der Waals surface area contributed by atoms with Crippen molar-refractivity contribution in [1.29, 1.82) is 0 Å². The van der Waals surface area contributed by atoms with Crippen LogP contribution in [-0.2, 0) is 45.8 Å². The van der Waals surface area contributed by atoms with Gasteiger partial charge >= 0.3 is 35.3 Å². The van der Waals surface area contributed by atoms with E-state index in [1.54, 1.807) is 20.8 Å². The molecule has 1 fully saturated rings. The first-order chi connectivity index (χ1) is 20.1. The highest BCUT2D eigenvalue weighted by molar-refractivity contribution is 8.13. The highest BCUT2D eigenvalue weighted by atomic mass is 32.2. The molecule has 1 aliphatic heterocycles. The van der Waals surface area contributed by atoms with Gasteiger partial charge in [0.25, 0.3) is 5.56 Å². The smallest absolute Gasteiger partial charge is 0.444 e. The van der Waals surface area contributed by atoms with Crippen LogP contribution in [0.2, 0.25) is 0 Å². The van der Waals surface area contributed by atoms with Gasteiger partial charge in [0.2, 0.25) is 0 Å². The van der Waals surface area contributed by atoms with Crippen LogP contribution in [-0.4, -0.2) is 77.2 Å².